The van der Waals surface area contributed by atoms with Gasteiger partial charge in [-0.25, -0.2) is 0 Å². The predicted octanol–water partition coefficient (Wildman–Crippen LogP) is 4.31. The molecule has 0 saturated carbocycles. The molecule has 3 aromatic rings. The zero-order chi connectivity index (χ0) is 22.7. The lowest BCUT2D eigenvalue weighted by Gasteiger charge is -2.40. The molecule has 33 heavy (non-hydrogen) atoms. The number of fused-ring (bicyclic) bond motifs is 1. The molecule has 0 radical (unpaired) electrons. The number of amides is 1. The quantitative estimate of drug-likeness (QED) is 0.602. The highest BCUT2D eigenvalue weighted by molar-refractivity contribution is 5.88. The van der Waals surface area contributed by atoms with Crippen LogP contribution < -0.4 is 0 Å². The Bertz CT molecular complexity index is 1100. The van der Waals surface area contributed by atoms with Gasteiger partial charge in [0.15, 0.2) is 0 Å². The maximum atomic E-state index is 14.1. The number of benzene rings is 2. The molecule has 0 spiro atoms. The lowest BCUT2D eigenvalue weighted by atomic mass is 9.72. The number of hydrogen-bond acceptors (Lipinski definition) is 4. The summed E-state index contributed by atoms with van der Waals surface area (Å²) in [5.41, 5.74) is 3.08. The van der Waals surface area contributed by atoms with Crippen LogP contribution in [0, 0.1) is 12.8 Å². The average molecular weight is 445 g/mol. The lowest BCUT2D eigenvalue weighted by molar-refractivity contribution is -0.141. The van der Waals surface area contributed by atoms with Gasteiger partial charge in [0.2, 0.25) is 5.91 Å². The maximum absolute atomic E-state index is 14.1. The number of rotatable bonds is 4. The number of ether oxygens (including phenoxy) is 2. The Morgan fingerprint density at radius 2 is 1.88 bits per heavy atom. The van der Waals surface area contributed by atoms with Crippen molar-refractivity contribution in [1.29, 1.82) is 0 Å². The van der Waals surface area contributed by atoms with Crippen molar-refractivity contribution in [3.63, 3.8) is 0 Å². The topological polar surface area (TPSA) is 51.7 Å². The Hall–Kier alpha value is -2.76. The number of hydrogen-bond donors (Lipinski definition) is 0. The summed E-state index contributed by atoms with van der Waals surface area (Å²) in [6.45, 7) is 5.93. The molecule has 5 nitrogen and oxygen atoms in total. The average Bonchev–Trinajstić information content (AvgIpc) is 3.10. The van der Waals surface area contributed by atoms with Crippen LogP contribution in [0.1, 0.15) is 29.5 Å². The highest BCUT2D eigenvalue weighted by Gasteiger charge is 2.44. The highest BCUT2D eigenvalue weighted by atomic mass is 16.5. The SMILES string of the molecule is Cc1ccc(C2(C(=O)N3CCOCC(Cc4cccc5ccncc45)C3)CCOCC2)cc1. The fourth-order valence-electron chi connectivity index (χ4n) is 5.38. The summed E-state index contributed by atoms with van der Waals surface area (Å²) in [7, 11) is 0. The van der Waals surface area contributed by atoms with Crippen molar-refractivity contribution in [3.8, 4) is 0 Å². The van der Waals surface area contributed by atoms with Crippen LogP contribution in [0.5, 0.6) is 0 Å². The molecule has 2 aliphatic rings. The molecule has 2 aliphatic heterocycles. The Labute approximate surface area is 195 Å². The van der Waals surface area contributed by atoms with Crippen LogP contribution in [-0.2, 0) is 26.1 Å². The van der Waals surface area contributed by atoms with Crippen LogP contribution in [0.25, 0.3) is 10.8 Å². The van der Waals surface area contributed by atoms with Gasteiger partial charge in [0.25, 0.3) is 0 Å². The molecule has 2 saturated heterocycles. The van der Waals surface area contributed by atoms with Gasteiger partial charge in [-0.2, -0.15) is 0 Å². The van der Waals surface area contributed by atoms with Crippen LogP contribution in [0.2, 0.25) is 0 Å². The molecule has 0 bridgehead atoms. The van der Waals surface area contributed by atoms with E-state index in [4.69, 9.17) is 9.47 Å². The Morgan fingerprint density at radius 1 is 1.06 bits per heavy atom. The zero-order valence-electron chi connectivity index (χ0n) is 19.3. The van der Waals surface area contributed by atoms with E-state index in [1.165, 1.54) is 21.9 Å². The van der Waals surface area contributed by atoms with Gasteiger partial charge >= 0.3 is 0 Å². The van der Waals surface area contributed by atoms with Crippen LogP contribution in [0.3, 0.4) is 0 Å². The van der Waals surface area contributed by atoms with Crippen molar-refractivity contribution >= 4 is 16.7 Å². The van der Waals surface area contributed by atoms with E-state index in [1.807, 2.05) is 12.4 Å². The third kappa shape index (κ3) is 4.53. The Balaban J connectivity index is 1.40. The minimum absolute atomic E-state index is 0.227. The number of nitrogens with zero attached hydrogens (tertiary/aromatic N) is 2. The monoisotopic (exact) mass is 444 g/mol. The predicted molar refractivity (Wildman–Crippen MR) is 129 cm³/mol. The first-order valence-corrected chi connectivity index (χ1v) is 12.0. The Kier molecular flexibility index (Phi) is 6.43. The molecular weight excluding hydrogens is 412 g/mol. The molecule has 172 valence electrons. The number of aromatic nitrogens is 1. The summed E-state index contributed by atoms with van der Waals surface area (Å²) in [6, 6.07) is 16.9. The first-order valence-electron chi connectivity index (χ1n) is 12.0. The van der Waals surface area contributed by atoms with Gasteiger partial charge < -0.3 is 14.4 Å². The van der Waals surface area contributed by atoms with Crippen LogP contribution in [-0.4, -0.2) is 55.3 Å². The van der Waals surface area contributed by atoms with Crippen molar-refractivity contribution in [2.45, 2.75) is 31.6 Å². The summed E-state index contributed by atoms with van der Waals surface area (Å²) >= 11 is 0. The first-order chi connectivity index (χ1) is 16.2. The fraction of sp³-hybridized carbons (Fsp3) is 0.429. The fourth-order valence-corrected chi connectivity index (χ4v) is 5.38. The van der Waals surface area contributed by atoms with Gasteiger partial charge in [-0.05, 0) is 48.8 Å². The van der Waals surface area contributed by atoms with E-state index < -0.39 is 5.41 Å². The molecule has 5 rings (SSSR count). The second-order valence-electron chi connectivity index (χ2n) is 9.47. The van der Waals surface area contributed by atoms with Gasteiger partial charge in [-0.15, -0.1) is 0 Å². The number of carbonyl (C=O) groups is 1. The number of pyridine rings is 1. The number of aryl methyl sites for hydroxylation is 1. The van der Waals surface area contributed by atoms with E-state index in [0.717, 1.165) is 24.8 Å². The summed E-state index contributed by atoms with van der Waals surface area (Å²) < 4.78 is 11.7. The molecular formula is C28H32N2O3. The summed E-state index contributed by atoms with van der Waals surface area (Å²) in [5, 5.41) is 2.38. The Morgan fingerprint density at radius 3 is 2.70 bits per heavy atom. The smallest absolute Gasteiger partial charge is 0.233 e. The van der Waals surface area contributed by atoms with Gasteiger partial charge in [0, 0.05) is 50.0 Å². The highest BCUT2D eigenvalue weighted by Crippen LogP contribution is 2.37. The van der Waals surface area contributed by atoms with E-state index in [-0.39, 0.29) is 11.8 Å². The van der Waals surface area contributed by atoms with E-state index in [2.05, 4.69) is 65.3 Å². The largest absolute Gasteiger partial charge is 0.381 e. The van der Waals surface area contributed by atoms with E-state index >= 15 is 0 Å². The second-order valence-corrected chi connectivity index (χ2v) is 9.47. The van der Waals surface area contributed by atoms with Crippen molar-refractivity contribution < 1.29 is 14.3 Å². The summed E-state index contributed by atoms with van der Waals surface area (Å²) in [4.78, 5) is 20.5. The molecule has 1 aromatic heterocycles. The molecule has 2 fully saturated rings. The van der Waals surface area contributed by atoms with Gasteiger partial charge in [-0.1, -0.05) is 48.0 Å². The molecule has 1 unspecified atom stereocenters. The van der Waals surface area contributed by atoms with Crippen LogP contribution in [0.15, 0.2) is 60.9 Å². The standard InChI is InChI=1S/C28H32N2O3/c1-21-5-7-25(8-6-21)28(10-14-32-15-11-28)27(31)30-13-16-33-20-22(19-30)17-24-4-2-3-23-9-12-29-18-26(23)24/h2-9,12,18,22H,10-11,13-17,19-20H2,1H3. The van der Waals surface area contributed by atoms with Crippen molar-refractivity contribution in [2.24, 2.45) is 5.92 Å². The van der Waals surface area contributed by atoms with Crippen molar-refractivity contribution in [1.82, 2.24) is 9.88 Å². The third-order valence-corrected chi connectivity index (χ3v) is 7.27. The normalized spacial score (nSPS) is 21.0. The summed E-state index contributed by atoms with van der Waals surface area (Å²) in [6.07, 6.45) is 6.10. The minimum atomic E-state index is -0.510. The van der Waals surface area contributed by atoms with Gasteiger partial charge in [-0.3, -0.25) is 9.78 Å². The van der Waals surface area contributed by atoms with E-state index in [0.29, 0.717) is 39.5 Å². The molecule has 2 aromatic carbocycles. The molecule has 3 heterocycles. The van der Waals surface area contributed by atoms with E-state index in [1.54, 1.807) is 0 Å². The molecule has 0 N–H and O–H groups in total. The molecule has 1 amide bonds. The lowest BCUT2D eigenvalue weighted by Crippen LogP contribution is -2.51. The van der Waals surface area contributed by atoms with Crippen LogP contribution >= 0.6 is 0 Å². The van der Waals surface area contributed by atoms with Crippen LogP contribution in [0.4, 0.5) is 0 Å². The molecule has 0 aliphatic carbocycles. The van der Waals surface area contributed by atoms with Gasteiger partial charge in [0.05, 0.1) is 18.6 Å². The summed E-state index contributed by atoms with van der Waals surface area (Å²) in [5.74, 6) is 0.474. The molecule has 1 atom stereocenters. The first kappa shape index (κ1) is 22.1. The van der Waals surface area contributed by atoms with Gasteiger partial charge in [0.1, 0.15) is 0 Å². The van der Waals surface area contributed by atoms with E-state index in [9.17, 15) is 4.79 Å². The third-order valence-electron chi connectivity index (χ3n) is 7.27. The van der Waals surface area contributed by atoms with Crippen molar-refractivity contribution in [2.75, 3.05) is 39.5 Å². The van der Waals surface area contributed by atoms with Crippen molar-refractivity contribution in [3.05, 3.63) is 77.6 Å². The second kappa shape index (κ2) is 9.62. The molecule has 5 heteroatoms. The number of carbonyl (C=O) groups excluding carboxylic acids is 1. The maximum Gasteiger partial charge on any atom is 0.233 e. The minimum Gasteiger partial charge on any atom is -0.381 e. The zero-order valence-corrected chi connectivity index (χ0v) is 19.3.